The Kier molecular flexibility index (Phi) is 8.65. The van der Waals surface area contributed by atoms with Gasteiger partial charge in [0.1, 0.15) is 0 Å². The number of hydrogen-bond acceptors (Lipinski definition) is 9. The van der Waals surface area contributed by atoms with Gasteiger partial charge in [0.25, 0.3) is 5.91 Å². The van der Waals surface area contributed by atoms with Gasteiger partial charge in [0, 0.05) is 37.6 Å². The molecule has 1 N–H and O–H groups in total. The average Bonchev–Trinajstić information content (AvgIpc) is 3.25. The molecule has 1 saturated heterocycles. The number of ether oxygens (including phenoxy) is 1. The Bertz CT molecular complexity index is 1050. The Balaban J connectivity index is 1.95. The zero-order valence-corrected chi connectivity index (χ0v) is 20.6. The van der Waals surface area contributed by atoms with E-state index in [0.29, 0.717) is 60.3 Å². The molecule has 0 spiro atoms. The van der Waals surface area contributed by atoms with Crippen LogP contribution in [0.15, 0.2) is 40.1 Å². The molecule has 0 saturated carbocycles. The van der Waals surface area contributed by atoms with Gasteiger partial charge in [-0.25, -0.2) is 8.42 Å². The van der Waals surface area contributed by atoms with Crippen molar-refractivity contribution in [3.63, 3.8) is 0 Å². The van der Waals surface area contributed by atoms with Crippen molar-refractivity contribution >= 4 is 49.8 Å². The van der Waals surface area contributed by atoms with E-state index >= 15 is 0 Å². The van der Waals surface area contributed by atoms with Crippen molar-refractivity contribution in [2.45, 2.75) is 23.1 Å². The third-order valence-corrected chi connectivity index (χ3v) is 8.87. The SMILES string of the molecule is C=CCSc1nnc(NC(=O)c2cc(S(=O)(=O)N(CC)CC)ccc2N2CCOCC2)s1. The lowest BCUT2D eigenvalue weighted by molar-refractivity contribution is 0.102. The van der Waals surface area contributed by atoms with Crippen LogP contribution >= 0.6 is 23.1 Å². The second-order valence-corrected chi connectivity index (χ2v) is 11.0. The van der Waals surface area contributed by atoms with Crippen molar-refractivity contribution in [2.24, 2.45) is 0 Å². The van der Waals surface area contributed by atoms with Crippen LogP contribution in [0.3, 0.4) is 0 Å². The van der Waals surface area contributed by atoms with E-state index in [0.717, 1.165) is 0 Å². The molecule has 1 amide bonds. The summed E-state index contributed by atoms with van der Waals surface area (Å²) in [6.07, 6.45) is 1.76. The van der Waals surface area contributed by atoms with Crippen LogP contribution in [0.2, 0.25) is 0 Å². The van der Waals surface area contributed by atoms with E-state index in [1.165, 1.54) is 33.5 Å². The summed E-state index contributed by atoms with van der Waals surface area (Å²) in [7, 11) is -3.71. The second kappa shape index (κ2) is 11.2. The van der Waals surface area contributed by atoms with Crippen LogP contribution in [0.1, 0.15) is 24.2 Å². The molecule has 0 unspecified atom stereocenters. The van der Waals surface area contributed by atoms with Gasteiger partial charge in [0.05, 0.1) is 23.7 Å². The molecule has 0 aliphatic carbocycles. The maximum atomic E-state index is 13.2. The fourth-order valence-corrected chi connectivity index (χ4v) is 6.26. The highest BCUT2D eigenvalue weighted by Crippen LogP contribution is 2.29. The minimum Gasteiger partial charge on any atom is -0.378 e. The summed E-state index contributed by atoms with van der Waals surface area (Å²) >= 11 is 2.73. The largest absolute Gasteiger partial charge is 0.378 e. The molecule has 174 valence electrons. The third kappa shape index (κ3) is 5.67. The number of sulfonamides is 1. The Morgan fingerprint density at radius 3 is 2.69 bits per heavy atom. The lowest BCUT2D eigenvalue weighted by atomic mass is 10.1. The van der Waals surface area contributed by atoms with E-state index in [2.05, 4.69) is 22.1 Å². The number of rotatable bonds is 10. The first-order valence-electron chi connectivity index (χ1n) is 10.3. The van der Waals surface area contributed by atoms with Crippen molar-refractivity contribution < 1.29 is 17.9 Å². The van der Waals surface area contributed by atoms with Gasteiger partial charge in [-0.3, -0.25) is 10.1 Å². The predicted molar refractivity (Wildman–Crippen MR) is 128 cm³/mol. The maximum absolute atomic E-state index is 13.2. The summed E-state index contributed by atoms with van der Waals surface area (Å²) < 4.78 is 33.6. The van der Waals surface area contributed by atoms with Crippen LogP contribution in [0.5, 0.6) is 0 Å². The molecule has 1 aromatic carbocycles. The topological polar surface area (TPSA) is 105 Å². The van der Waals surface area contributed by atoms with Gasteiger partial charge in [-0.15, -0.1) is 16.8 Å². The first-order valence-corrected chi connectivity index (χ1v) is 13.5. The van der Waals surface area contributed by atoms with Gasteiger partial charge in [-0.05, 0) is 18.2 Å². The summed E-state index contributed by atoms with van der Waals surface area (Å²) in [6.45, 7) is 10.3. The molecule has 3 rings (SSSR count). The van der Waals surface area contributed by atoms with Crippen LogP contribution < -0.4 is 10.2 Å². The number of hydrogen-bond donors (Lipinski definition) is 1. The molecule has 0 atom stereocenters. The molecule has 1 aliphatic rings. The minimum absolute atomic E-state index is 0.0860. The molecule has 1 fully saturated rings. The number of nitrogens with zero attached hydrogens (tertiary/aromatic N) is 4. The Hall–Kier alpha value is -1.99. The van der Waals surface area contributed by atoms with Crippen molar-refractivity contribution in [1.29, 1.82) is 0 Å². The molecule has 2 heterocycles. The Morgan fingerprint density at radius 2 is 2.03 bits per heavy atom. The quantitative estimate of drug-likeness (QED) is 0.304. The maximum Gasteiger partial charge on any atom is 0.259 e. The third-order valence-electron chi connectivity index (χ3n) is 4.86. The lowest BCUT2D eigenvalue weighted by Gasteiger charge is -2.30. The van der Waals surface area contributed by atoms with Crippen LogP contribution in [0, 0.1) is 0 Å². The van der Waals surface area contributed by atoms with Crippen molar-refractivity contribution in [3.05, 3.63) is 36.4 Å². The molecule has 12 heteroatoms. The fraction of sp³-hybridized carbons (Fsp3) is 0.450. The Morgan fingerprint density at radius 1 is 1.31 bits per heavy atom. The van der Waals surface area contributed by atoms with E-state index in [1.807, 2.05) is 4.90 Å². The summed E-state index contributed by atoms with van der Waals surface area (Å²) in [5.74, 6) is 0.258. The number of amides is 1. The van der Waals surface area contributed by atoms with Gasteiger partial charge >= 0.3 is 0 Å². The zero-order chi connectivity index (χ0) is 23.1. The first-order chi connectivity index (χ1) is 15.4. The smallest absolute Gasteiger partial charge is 0.259 e. The van der Waals surface area contributed by atoms with Crippen molar-refractivity contribution in [1.82, 2.24) is 14.5 Å². The molecule has 1 aliphatic heterocycles. The van der Waals surface area contributed by atoms with E-state index in [9.17, 15) is 13.2 Å². The first kappa shape index (κ1) is 24.6. The van der Waals surface area contributed by atoms with Gasteiger partial charge in [0.15, 0.2) is 4.34 Å². The number of morpholine rings is 1. The van der Waals surface area contributed by atoms with Crippen LogP contribution in [0.25, 0.3) is 0 Å². The monoisotopic (exact) mass is 497 g/mol. The van der Waals surface area contributed by atoms with Crippen LogP contribution in [0.4, 0.5) is 10.8 Å². The zero-order valence-electron chi connectivity index (χ0n) is 18.1. The highest BCUT2D eigenvalue weighted by Gasteiger charge is 2.26. The van der Waals surface area contributed by atoms with Crippen LogP contribution in [-0.4, -0.2) is 74.0 Å². The molecule has 2 aromatic rings. The number of anilines is 2. The number of aromatic nitrogens is 2. The van der Waals surface area contributed by atoms with E-state index in [1.54, 1.807) is 32.1 Å². The van der Waals surface area contributed by atoms with Crippen molar-refractivity contribution in [2.75, 3.05) is 55.4 Å². The number of carbonyl (C=O) groups is 1. The highest BCUT2D eigenvalue weighted by molar-refractivity contribution is 8.01. The van der Waals surface area contributed by atoms with Crippen LogP contribution in [-0.2, 0) is 14.8 Å². The summed E-state index contributed by atoms with van der Waals surface area (Å²) in [6, 6.07) is 4.70. The molecular formula is C20H27N5O4S3. The second-order valence-electron chi connectivity index (χ2n) is 6.79. The lowest BCUT2D eigenvalue weighted by Crippen LogP contribution is -2.37. The molecular weight excluding hydrogens is 470 g/mol. The minimum atomic E-state index is -3.71. The fourth-order valence-electron chi connectivity index (χ4n) is 3.26. The number of carbonyl (C=O) groups excluding carboxylic acids is 1. The van der Waals surface area contributed by atoms with Gasteiger partial charge < -0.3 is 9.64 Å². The molecule has 1 aromatic heterocycles. The summed E-state index contributed by atoms with van der Waals surface area (Å²) in [5, 5.41) is 11.2. The molecule has 9 nitrogen and oxygen atoms in total. The average molecular weight is 498 g/mol. The Labute approximate surface area is 196 Å². The van der Waals surface area contributed by atoms with Gasteiger partial charge in [-0.2, -0.15) is 4.31 Å². The normalized spacial score (nSPS) is 14.5. The number of nitrogens with one attached hydrogen (secondary N) is 1. The van der Waals surface area contributed by atoms with Gasteiger partial charge in [-0.1, -0.05) is 43.0 Å². The standard InChI is InChI=1S/C20H27N5O4S3/c1-4-13-30-20-23-22-19(31-20)21-18(26)16-14-15(32(27,28)25(5-2)6-3)7-8-17(16)24-9-11-29-12-10-24/h4,7-8,14H,1,5-6,9-13H2,2-3H3,(H,21,22,26). The molecule has 0 bridgehead atoms. The number of benzene rings is 1. The predicted octanol–water partition coefficient (Wildman–Crippen LogP) is 2.94. The number of thioether (sulfide) groups is 1. The van der Waals surface area contributed by atoms with E-state index < -0.39 is 15.9 Å². The van der Waals surface area contributed by atoms with E-state index in [4.69, 9.17) is 4.74 Å². The summed E-state index contributed by atoms with van der Waals surface area (Å²) in [5.41, 5.74) is 0.936. The highest BCUT2D eigenvalue weighted by atomic mass is 32.2. The van der Waals surface area contributed by atoms with Gasteiger partial charge in [0.2, 0.25) is 15.2 Å². The summed E-state index contributed by atoms with van der Waals surface area (Å²) in [4.78, 5) is 15.3. The molecule has 0 radical (unpaired) electrons. The van der Waals surface area contributed by atoms with E-state index in [-0.39, 0.29) is 10.5 Å². The molecule has 32 heavy (non-hydrogen) atoms. The van der Waals surface area contributed by atoms with Crippen molar-refractivity contribution in [3.8, 4) is 0 Å².